The summed E-state index contributed by atoms with van der Waals surface area (Å²) in [6.07, 6.45) is 0.541. The zero-order chi connectivity index (χ0) is 22.6. The van der Waals surface area contributed by atoms with Crippen LogP contribution in [0.1, 0.15) is 67.2 Å². The number of nitrogens with one attached hydrogen (secondary N) is 2. The van der Waals surface area contributed by atoms with Crippen LogP contribution in [0, 0.1) is 11.3 Å². The molecule has 3 unspecified atom stereocenters. The van der Waals surface area contributed by atoms with Crippen LogP contribution in [0.4, 0.5) is 4.79 Å². The molecule has 0 bridgehead atoms. The van der Waals surface area contributed by atoms with Crippen molar-refractivity contribution in [3.8, 4) is 0 Å². The van der Waals surface area contributed by atoms with Gasteiger partial charge in [-0.1, -0.05) is 20.8 Å². The van der Waals surface area contributed by atoms with Gasteiger partial charge in [0.25, 0.3) is 0 Å². The molecule has 0 radical (unpaired) electrons. The Morgan fingerprint density at radius 2 is 1.83 bits per heavy atom. The van der Waals surface area contributed by atoms with E-state index >= 15 is 0 Å². The largest absolute Gasteiger partial charge is 0.465 e. The van der Waals surface area contributed by atoms with E-state index < -0.39 is 41.4 Å². The van der Waals surface area contributed by atoms with E-state index in [9.17, 15) is 24.3 Å². The summed E-state index contributed by atoms with van der Waals surface area (Å²) in [5, 5.41) is 15.1. The molecule has 1 saturated heterocycles. The molecule has 1 rings (SSSR count). The highest BCUT2D eigenvalue weighted by molar-refractivity contribution is 5.91. The summed E-state index contributed by atoms with van der Waals surface area (Å²) >= 11 is 0. The Labute approximate surface area is 172 Å². The summed E-state index contributed by atoms with van der Waals surface area (Å²) in [6, 6.07) is -2.05. The van der Waals surface area contributed by atoms with Crippen LogP contribution in [0.5, 0.6) is 0 Å². The third kappa shape index (κ3) is 7.55. The van der Waals surface area contributed by atoms with Gasteiger partial charge in [0.2, 0.25) is 17.7 Å². The molecule has 0 spiro atoms. The summed E-state index contributed by atoms with van der Waals surface area (Å²) < 4.78 is 0. The maximum atomic E-state index is 13.1. The van der Waals surface area contributed by atoms with Crippen molar-refractivity contribution in [2.45, 2.75) is 84.8 Å². The molecule has 9 heteroatoms. The smallest absolute Gasteiger partial charge is 0.408 e. The van der Waals surface area contributed by atoms with Crippen molar-refractivity contribution >= 4 is 23.8 Å². The lowest BCUT2D eigenvalue weighted by Crippen LogP contribution is -2.60. The van der Waals surface area contributed by atoms with E-state index in [4.69, 9.17) is 5.73 Å². The van der Waals surface area contributed by atoms with Gasteiger partial charge in [-0.05, 0) is 51.9 Å². The zero-order valence-electron chi connectivity index (χ0n) is 18.4. The maximum absolute atomic E-state index is 13.1. The Morgan fingerprint density at radius 3 is 2.24 bits per heavy atom. The Morgan fingerprint density at radius 1 is 1.24 bits per heavy atom. The second kappa shape index (κ2) is 9.45. The van der Waals surface area contributed by atoms with Gasteiger partial charge >= 0.3 is 6.09 Å². The van der Waals surface area contributed by atoms with Crippen LogP contribution in [-0.4, -0.2) is 58.0 Å². The van der Waals surface area contributed by atoms with E-state index in [1.165, 1.54) is 0 Å². The summed E-state index contributed by atoms with van der Waals surface area (Å²) in [4.78, 5) is 50.2. The molecule has 1 fully saturated rings. The molecule has 1 aliphatic heterocycles. The number of carbonyl (C=O) groups excluding carboxylic acids is 3. The second-order valence-corrected chi connectivity index (χ2v) is 9.93. The number of rotatable bonds is 7. The van der Waals surface area contributed by atoms with E-state index in [1.807, 2.05) is 20.8 Å². The molecule has 0 aromatic carbocycles. The average molecular weight is 413 g/mol. The topological polar surface area (TPSA) is 142 Å². The first-order chi connectivity index (χ1) is 13.1. The van der Waals surface area contributed by atoms with E-state index in [-0.39, 0.29) is 24.2 Å². The third-order valence-corrected chi connectivity index (χ3v) is 4.93. The lowest BCUT2D eigenvalue weighted by Gasteiger charge is -2.41. The third-order valence-electron chi connectivity index (χ3n) is 4.93. The summed E-state index contributed by atoms with van der Waals surface area (Å²) in [6.45, 7) is 11.5. The number of nitrogens with zero attached hydrogens (tertiary/aromatic N) is 1. The fourth-order valence-electron chi connectivity index (χ4n) is 3.63. The molecule has 3 atom stereocenters. The highest BCUT2D eigenvalue weighted by Crippen LogP contribution is 2.28. The average Bonchev–Trinajstić information content (AvgIpc) is 2.52. The van der Waals surface area contributed by atoms with Crippen LogP contribution < -0.4 is 16.4 Å². The minimum absolute atomic E-state index is 0.0950. The van der Waals surface area contributed by atoms with Gasteiger partial charge < -0.3 is 21.5 Å². The normalized spacial score (nSPS) is 19.7. The van der Waals surface area contributed by atoms with Crippen LogP contribution >= 0.6 is 0 Å². The van der Waals surface area contributed by atoms with Crippen LogP contribution in [0.3, 0.4) is 0 Å². The van der Waals surface area contributed by atoms with Gasteiger partial charge in [-0.15, -0.1) is 0 Å². The first kappa shape index (κ1) is 24.7. The van der Waals surface area contributed by atoms with Crippen molar-refractivity contribution in [1.29, 1.82) is 0 Å². The number of primary amides is 1. The number of carbonyl (C=O) groups is 4. The van der Waals surface area contributed by atoms with Gasteiger partial charge in [0, 0.05) is 18.0 Å². The van der Waals surface area contributed by atoms with Crippen LogP contribution in [0.15, 0.2) is 0 Å². The number of hydrogen-bond donors (Lipinski definition) is 4. The molecule has 0 aliphatic carbocycles. The predicted molar refractivity (Wildman–Crippen MR) is 109 cm³/mol. The van der Waals surface area contributed by atoms with E-state index in [1.54, 1.807) is 20.8 Å². The Hall–Kier alpha value is -2.32. The molecule has 5 N–H and O–H groups in total. The highest BCUT2D eigenvalue weighted by atomic mass is 16.4. The number of amides is 4. The van der Waals surface area contributed by atoms with Gasteiger partial charge in [-0.3, -0.25) is 19.3 Å². The Balaban J connectivity index is 3.10. The maximum Gasteiger partial charge on any atom is 0.408 e. The molecule has 0 aromatic heterocycles. The molecule has 29 heavy (non-hydrogen) atoms. The fraction of sp³-hybridized carbons (Fsp3) is 0.800. The number of hydrogen-bond acceptors (Lipinski definition) is 4. The molecule has 4 amide bonds. The van der Waals surface area contributed by atoms with Gasteiger partial charge in [-0.25, -0.2) is 4.79 Å². The zero-order valence-corrected chi connectivity index (χ0v) is 18.4. The van der Waals surface area contributed by atoms with Gasteiger partial charge in [-0.2, -0.15) is 0 Å². The lowest BCUT2D eigenvalue weighted by atomic mass is 9.85. The number of piperidine rings is 1. The van der Waals surface area contributed by atoms with Gasteiger partial charge in [0.1, 0.15) is 12.1 Å². The van der Waals surface area contributed by atoms with Crippen molar-refractivity contribution in [2.75, 3.05) is 6.54 Å². The monoisotopic (exact) mass is 412 g/mol. The highest BCUT2D eigenvalue weighted by Gasteiger charge is 2.41. The summed E-state index contributed by atoms with van der Waals surface area (Å²) in [5.41, 5.74) is 4.31. The Bertz CT molecular complexity index is 636. The molecule has 1 aliphatic rings. The fourth-order valence-corrected chi connectivity index (χ4v) is 3.63. The summed E-state index contributed by atoms with van der Waals surface area (Å²) in [7, 11) is 0. The predicted octanol–water partition coefficient (Wildman–Crippen LogP) is 1.46. The quantitative estimate of drug-likeness (QED) is 0.501. The van der Waals surface area contributed by atoms with Gasteiger partial charge in [0.15, 0.2) is 0 Å². The second-order valence-electron chi connectivity index (χ2n) is 9.93. The van der Waals surface area contributed by atoms with Crippen LogP contribution in [0.2, 0.25) is 0 Å². The lowest BCUT2D eigenvalue weighted by molar-refractivity contribution is -0.134. The first-order valence-electron chi connectivity index (χ1n) is 10.0. The molecule has 0 aromatic rings. The molecule has 166 valence electrons. The van der Waals surface area contributed by atoms with Crippen molar-refractivity contribution in [1.82, 2.24) is 15.5 Å². The molecular formula is C20H36N4O5. The minimum atomic E-state index is -1.22. The molecule has 9 nitrogen and oxygen atoms in total. The van der Waals surface area contributed by atoms with E-state index in [0.717, 1.165) is 11.3 Å². The first-order valence-corrected chi connectivity index (χ1v) is 10.0. The van der Waals surface area contributed by atoms with Crippen LogP contribution in [0.25, 0.3) is 0 Å². The van der Waals surface area contributed by atoms with Crippen molar-refractivity contribution < 1.29 is 24.3 Å². The standard InChI is InChI=1S/C20H36N4O5/c1-19(2,3)11-14(24(18(28)29)20(4,5)6)17(27)23-13(15(21)25)10-12-8-7-9-22-16(12)26/h12-14H,7-11H2,1-6H3,(H2,21,25)(H,22,26)(H,23,27)(H,28,29). The van der Waals surface area contributed by atoms with Crippen molar-refractivity contribution in [3.05, 3.63) is 0 Å². The number of nitrogens with two attached hydrogens (primary N) is 1. The molecular weight excluding hydrogens is 376 g/mol. The minimum Gasteiger partial charge on any atom is -0.465 e. The molecule has 0 saturated carbocycles. The van der Waals surface area contributed by atoms with Gasteiger partial charge in [0.05, 0.1) is 0 Å². The SMILES string of the molecule is CC(C)(C)CC(C(=O)NC(CC1CCCNC1=O)C(N)=O)N(C(=O)O)C(C)(C)C. The number of carboxylic acid groups (broad SMARTS) is 1. The van der Waals surface area contributed by atoms with E-state index in [2.05, 4.69) is 10.6 Å². The van der Waals surface area contributed by atoms with Crippen molar-refractivity contribution in [3.63, 3.8) is 0 Å². The van der Waals surface area contributed by atoms with Crippen LogP contribution in [-0.2, 0) is 14.4 Å². The Kier molecular flexibility index (Phi) is 8.06. The van der Waals surface area contributed by atoms with Crippen molar-refractivity contribution in [2.24, 2.45) is 17.1 Å². The molecule has 1 heterocycles. The summed E-state index contributed by atoms with van der Waals surface area (Å²) in [5.74, 6) is -1.91. The van der Waals surface area contributed by atoms with E-state index in [0.29, 0.717) is 13.0 Å².